The van der Waals surface area contributed by atoms with Crippen molar-refractivity contribution in [1.29, 1.82) is 0 Å². The van der Waals surface area contributed by atoms with Crippen LogP contribution in [0.4, 0.5) is 24.0 Å². The van der Waals surface area contributed by atoms with E-state index in [4.69, 9.17) is 4.74 Å². The lowest BCUT2D eigenvalue weighted by atomic mass is 10.0. The van der Waals surface area contributed by atoms with E-state index >= 15 is 0 Å². The number of carbonyl (C=O) groups excluding carboxylic acids is 4. The van der Waals surface area contributed by atoms with E-state index < -0.39 is 46.2 Å². The number of hydrogen-bond acceptors (Lipinski definition) is 10. The minimum absolute atomic E-state index is 0.00992. The number of aromatic nitrogens is 1. The molecule has 4 rings (SSSR count). The number of hydrogen-bond donors (Lipinski definition) is 2. The number of alkyl halides is 3. The standard InChI is InChI=1S/C21H16F3N5O7S2/c22-21(23,24)19(33)27-20-25-11(9-38-20)7-14(30)26-15-16(31)28-13(5-6-37-17(15)28)18(32)36-8-10-1-3-12(4-2-10)29(34)35/h1-5,9,15,17H,6-8H2,(H,26,30)(H,25,27,33)/t15?,17-/m0/s1. The highest BCUT2D eigenvalue weighted by Gasteiger charge is 2.53. The van der Waals surface area contributed by atoms with Gasteiger partial charge in [-0.25, -0.2) is 9.78 Å². The van der Waals surface area contributed by atoms with Crippen molar-refractivity contribution in [3.8, 4) is 0 Å². The Hall–Kier alpha value is -3.99. The average molecular weight is 572 g/mol. The lowest BCUT2D eigenvalue weighted by Crippen LogP contribution is -2.70. The second-order valence-corrected chi connectivity index (χ2v) is 9.85. The number of fused-ring (bicyclic) bond motifs is 1. The fraction of sp³-hybridized carbons (Fsp3) is 0.286. The van der Waals surface area contributed by atoms with Crippen LogP contribution in [0.25, 0.3) is 0 Å². The Kier molecular flexibility index (Phi) is 7.68. The smallest absolute Gasteiger partial charge is 0.456 e. The highest BCUT2D eigenvalue weighted by Crippen LogP contribution is 2.38. The number of nitrogens with zero attached hydrogens (tertiary/aromatic N) is 3. The highest BCUT2D eigenvalue weighted by atomic mass is 32.2. The summed E-state index contributed by atoms with van der Waals surface area (Å²) in [5.41, 5.74) is 0.503. The summed E-state index contributed by atoms with van der Waals surface area (Å²) in [5, 5.41) is 15.3. The number of nitrogens with one attached hydrogen (secondary N) is 2. The molecule has 1 fully saturated rings. The third-order valence-corrected chi connectivity index (χ3v) is 7.25. The first-order valence-electron chi connectivity index (χ1n) is 10.6. The van der Waals surface area contributed by atoms with Crippen LogP contribution in [0, 0.1) is 10.1 Å². The number of amides is 3. The number of esters is 1. The molecule has 1 unspecified atom stereocenters. The Morgan fingerprint density at radius 1 is 1.24 bits per heavy atom. The number of nitro benzene ring substituents is 1. The van der Waals surface area contributed by atoms with Gasteiger partial charge in [-0.15, -0.1) is 23.1 Å². The molecule has 38 heavy (non-hydrogen) atoms. The normalized spacial score (nSPS) is 18.6. The lowest BCUT2D eigenvalue weighted by molar-refractivity contribution is -0.384. The van der Waals surface area contributed by atoms with Crippen LogP contribution in [0.5, 0.6) is 0 Å². The topological polar surface area (TPSA) is 161 Å². The van der Waals surface area contributed by atoms with Gasteiger partial charge >= 0.3 is 18.1 Å². The first-order valence-corrected chi connectivity index (χ1v) is 12.5. The zero-order valence-electron chi connectivity index (χ0n) is 18.9. The molecular formula is C21H16F3N5O7S2. The van der Waals surface area contributed by atoms with Gasteiger partial charge in [-0.05, 0) is 23.8 Å². The van der Waals surface area contributed by atoms with E-state index in [0.29, 0.717) is 22.7 Å². The molecule has 1 saturated heterocycles. The molecule has 2 aromatic rings. The lowest BCUT2D eigenvalue weighted by Gasteiger charge is -2.48. The van der Waals surface area contributed by atoms with Crippen molar-refractivity contribution < 1.29 is 42.0 Å². The third kappa shape index (κ3) is 5.94. The number of β-lactam (4-membered cyclic amide) rings is 1. The quantitative estimate of drug-likeness (QED) is 0.209. The molecule has 12 nitrogen and oxygen atoms in total. The molecule has 2 aliphatic heterocycles. The van der Waals surface area contributed by atoms with Crippen LogP contribution in [0.1, 0.15) is 11.3 Å². The maximum absolute atomic E-state index is 12.7. The summed E-state index contributed by atoms with van der Waals surface area (Å²) in [6.07, 6.45) is -3.91. The Balaban J connectivity index is 1.29. The van der Waals surface area contributed by atoms with Crippen LogP contribution >= 0.6 is 23.1 Å². The molecule has 200 valence electrons. The predicted octanol–water partition coefficient (Wildman–Crippen LogP) is 2.12. The summed E-state index contributed by atoms with van der Waals surface area (Å²) in [7, 11) is 0. The molecule has 1 aromatic heterocycles. The number of rotatable bonds is 8. The van der Waals surface area contributed by atoms with Crippen molar-refractivity contribution in [2.24, 2.45) is 0 Å². The van der Waals surface area contributed by atoms with Crippen molar-refractivity contribution in [2.45, 2.75) is 30.6 Å². The van der Waals surface area contributed by atoms with E-state index in [1.54, 1.807) is 5.32 Å². The van der Waals surface area contributed by atoms with Gasteiger partial charge < -0.3 is 10.1 Å². The van der Waals surface area contributed by atoms with Crippen LogP contribution in [-0.4, -0.2) is 61.8 Å². The molecule has 0 spiro atoms. The van der Waals surface area contributed by atoms with Crippen molar-refractivity contribution in [3.05, 3.63) is 62.8 Å². The van der Waals surface area contributed by atoms with Gasteiger partial charge in [0.2, 0.25) is 5.91 Å². The van der Waals surface area contributed by atoms with E-state index in [9.17, 15) is 42.5 Å². The molecule has 2 aliphatic rings. The number of benzene rings is 1. The molecule has 3 heterocycles. The summed E-state index contributed by atoms with van der Waals surface area (Å²) < 4.78 is 42.3. The average Bonchev–Trinajstić information content (AvgIpc) is 3.31. The van der Waals surface area contributed by atoms with Crippen LogP contribution in [0.2, 0.25) is 0 Å². The van der Waals surface area contributed by atoms with Crippen molar-refractivity contribution >= 4 is 57.6 Å². The SMILES string of the molecule is O=C(Cc1csc(NC(=O)C(F)(F)F)n1)NC1C(=O)N2C(C(=O)OCc3ccc([N+](=O)[O-])cc3)=CCS[C@@H]12. The van der Waals surface area contributed by atoms with Crippen LogP contribution in [0.15, 0.2) is 41.4 Å². The Morgan fingerprint density at radius 3 is 2.61 bits per heavy atom. The molecule has 0 radical (unpaired) electrons. The second-order valence-electron chi connectivity index (χ2n) is 7.84. The number of anilines is 1. The Morgan fingerprint density at radius 2 is 1.95 bits per heavy atom. The molecule has 1 aromatic carbocycles. The predicted molar refractivity (Wildman–Crippen MR) is 127 cm³/mol. The largest absolute Gasteiger partial charge is 0.471 e. The Labute approximate surface area is 219 Å². The van der Waals surface area contributed by atoms with Gasteiger partial charge in [-0.1, -0.05) is 0 Å². The molecule has 0 bridgehead atoms. The van der Waals surface area contributed by atoms with Crippen molar-refractivity contribution in [2.75, 3.05) is 11.1 Å². The van der Waals surface area contributed by atoms with Crippen LogP contribution in [-0.2, 0) is 36.9 Å². The Bertz CT molecular complexity index is 1330. The molecule has 3 amide bonds. The monoisotopic (exact) mass is 571 g/mol. The van der Waals surface area contributed by atoms with Crippen LogP contribution < -0.4 is 10.6 Å². The molecule has 2 N–H and O–H groups in total. The number of halogens is 3. The van der Waals surface area contributed by atoms with Gasteiger partial charge in [0, 0.05) is 23.3 Å². The summed E-state index contributed by atoms with van der Waals surface area (Å²) in [6.45, 7) is -0.173. The molecule has 17 heteroatoms. The second kappa shape index (κ2) is 10.8. The van der Waals surface area contributed by atoms with Gasteiger partial charge in [-0.3, -0.25) is 34.7 Å². The number of thioether (sulfide) groups is 1. The van der Waals surface area contributed by atoms with E-state index in [1.165, 1.54) is 52.4 Å². The van der Waals surface area contributed by atoms with Gasteiger partial charge in [0.05, 0.1) is 17.0 Å². The summed E-state index contributed by atoms with van der Waals surface area (Å²) in [4.78, 5) is 63.9. The first kappa shape index (κ1) is 27.1. The maximum atomic E-state index is 12.7. The summed E-state index contributed by atoms with van der Waals surface area (Å²) in [6, 6.07) is 4.48. The van der Waals surface area contributed by atoms with Gasteiger partial charge in [-0.2, -0.15) is 13.2 Å². The number of thiazole rings is 1. The summed E-state index contributed by atoms with van der Waals surface area (Å²) >= 11 is 2.01. The number of non-ortho nitro benzene ring substituents is 1. The van der Waals surface area contributed by atoms with Gasteiger partial charge in [0.25, 0.3) is 11.6 Å². The zero-order chi connectivity index (χ0) is 27.6. The highest BCUT2D eigenvalue weighted by molar-refractivity contribution is 8.00. The number of carbonyl (C=O) groups is 4. The fourth-order valence-corrected chi connectivity index (χ4v) is 5.37. The van der Waals surface area contributed by atoms with Crippen molar-refractivity contribution in [3.63, 3.8) is 0 Å². The molecule has 0 saturated carbocycles. The summed E-state index contributed by atoms with van der Waals surface area (Å²) in [5.74, 6) is -3.78. The minimum atomic E-state index is -5.08. The third-order valence-electron chi connectivity index (χ3n) is 5.26. The van der Waals surface area contributed by atoms with Crippen molar-refractivity contribution in [1.82, 2.24) is 15.2 Å². The molecular weight excluding hydrogens is 555 g/mol. The minimum Gasteiger partial charge on any atom is -0.456 e. The first-order chi connectivity index (χ1) is 17.9. The number of nitro groups is 1. The van der Waals surface area contributed by atoms with Crippen LogP contribution in [0.3, 0.4) is 0 Å². The molecule has 2 atom stereocenters. The van der Waals surface area contributed by atoms with E-state index in [0.717, 1.165) is 0 Å². The van der Waals surface area contributed by atoms with Gasteiger partial charge in [0.15, 0.2) is 5.13 Å². The van der Waals surface area contributed by atoms with E-state index in [1.807, 2.05) is 0 Å². The van der Waals surface area contributed by atoms with Gasteiger partial charge in [0.1, 0.15) is 23.7 Å². The fourth-order valence-electron chi connectivity index (χ4n) is 3.47. The maximum Gasteiger partial charge on any atom is 0.471 e. The molecule has 0 aliphatic carbocycles. The van der Waals surface area contributed by atoms with E-state index in [-0.39, 0.29) is 35.2 Å². The number of ether oxygens (including phenoxy) is 1. The zero-order valence-corrected chi connectivity index (χ0v) is 20.5. The van der Waals surface area contributed by atoms with E-state index in [2.05, 4.69) is 10.3 Å².